The predicted molar refractivity (Wildman–Crippen MR) is 122 cm³/mol. The molecule has 0 fully saturated rings. The monoisotopic (exact) mass is 420 g/mol. The van der Waals surface area contributed by atoms with Crippen LogP contribution >= 0.6 is 0 Å². The van der Waals surface area contributed by atoms with Gasteiger partial charge < -0.3 is 4.74 Å². The van der Waals surface area contributed by atoms with E-state index < -0.39 is 17.9 Å². The molecule has 1 aromatic heterocycles. The molecular weight excluding hydrogens is 388 g/mol. The van der Waals surface area contributed by atoms with Crippen LogP contribution in [-0.4, -0.2) is 27.8 Å². The second-order valence-electron chi connectivity index (χ2n) is 7.70. The van der Waals surface area contributed by atoms with Gasteiger partial charge >= 0.3 is 5.97 Å². The lowest BCUT2D eigenvalue weighted by atomic mass is 10.1. The molecule has 0 aliphatic heterocycles. The highest BCUT2D eigenvalue weighted by atomic mass is 16.5. The zero-order chi connectivity index (χ0) is 22.5. The first-order chi connectivity index (χ1) is 15.1. The van der Waals surface area contributed by atoms with Crippen molar-refractivity contribution in [3.05, 3.63) is 47.8 Å². The summed E-state index contributed by atoms with van der Waals surface area (Å²) in [5.41, 5.74) is 2.31. The fraction of sp³-hybridized carbons (Fsp3) is 0.462. The van der Waals surface area contributed by atoms with E-state index in [-0.39, 0.29) is 0 Å². The van der Waals surface area contributed by atoms with Gasteiger partial charge in [0.15, 0.2) is 11.9 Å². The van der Waals surface area contributed by atoms with Crippen molar-refractivity contribution >= 4 is 11.8 Å². The van der Waals surface area contributed by atoms with E-state index in [1.54, 1.807) is 24.3 Å². The Balaban J connectivity index is 1.97. The van der Waals surface area contributed by atoms with Crippen molar-refractivity contribution in [2.24, 2.45) is 0 Å². The first-order valence-electron chi connectivity index (χ1n) is 11.2. The SMILES string of the molecule is C#CC(=O)C(CCCCC)OC(=O)c1ccc(-c2ncc(CCCCCC)cn2)cc1. The third kappa shape index (κ3) is 7.97. The Morgan fingerprint density at radius 3 is 2.23 bits per heavy atom. The summed E-state index contributed by atoms with van der Waals surface area (Å²) in [5.74, 6) is 1.63. The van der Waals surface area contributed by atoms with Crippen LogP contribution in [0.15, 0.2) is 36.7 Å². The van der Waals surface area contributed by atoms with Crippen molar-refractivity contribution in [2.45, 2.75) is 77.7 Å². The van der Waals surface area contributed by atoms with Crippen LogP contribution in [0.3, 0.4) is 0 Å². The number of unbranched alkanes of at least 4 members (excludes halogenated alkanes) is 5. The number of aromatic nitrogens is 2. The third-order valence-corrected chi connectivity index (χ3v) is 5.16. The summed E-state index contributed by atoms with van der Waals surface area (Å²) in [6, 6.07) is 6.87. The number of ether oxygens (including phenoxy) is 1. The molecule has 1 atom stereocenters. The van der Waals surface area contributed by atoms with Gasteiger partial charge in [-0.2, -0.15) is 0 Å². The van der Waals surface area contributed by atoms with Crippen molar-refractivity contribution in [1.29, 1.82) is 0 Å². The predicted octanol–water partition coefficient (Wildman–Crippen LogP) is 5.57. The van der Waals surface area contributed by atoms with Crippen molar-refractivity contribution in [2.75, 3.05) is 0 Å². The minimum Gasteiger partial charge on any atom is -0.450 e. The molecule has 0 amide bonds. The quantitative estimate of drug-likeness (QED) is 0.183. The summed E-state index contributed by atoms with van der Waals surface area (Å²) in [6.45, 7) is 4.27. The Labute approximate surface area is 185 Å². The number of esters is 1. The standard InChI is InChI=1S/C26H32N2O3/c1-4-7-9-11-12-20-18-27-25(28-19-20)21-14-16-22(17-15-21)26(30)31-24(23(29)6-3)13-10-8-5-2/h3,14-19,24H,4-5,7-13H2,1-2H3. The highest BCUT2D eigenvalue weighted by Crippen LogP contribution is 2.18. The molecule has 5 heteroatoms. The van der Waals surface area contributed by atoms with E-state index in [1.807, 2.05) is 12.4 Å². The van der Waals surface area contributed by atoms with Gasteiger partial charge in [0.2, 0.25) is 5.78 Å². The van der Waals surface area contributed by atoms with E-state index in [4.69, 9.17) is 11.2 Å². The first-order valence-corrected chi connectivity index (χ1v) is 11.2. The molecule has 31 heavy (non-hydrogen) atoms. The lowest BCUT2D eigenvalue weighted by Crippen LogP contribution is -2.26. The Morgan fingerprint density at radius 2 is 1.61 bits per heavy atom. The normalized spacial score (nSPS) is 11.5. The number of nitrogens with zero attached hydrogens (tertiary/aromatic N) is 2. The smallest absolute Gasteiger partial charge is 0.338 e. The number of carbonyl (C=O) groups is 2. The Bertz CT molecular complexity index is 867. The lowest BCUT2D eigenvalue weighted by molar-refractivity contribution is -0.122. The van der Waals surface area contributed by atoms with Crippen LogP contribution in [0, 0.1) is 12.3 Å². The maximum absolute atomic E-state index is 12.5. The largest absolute Gasteiger partial charge is 0.450 e. The number of rotatable bonds is 13. The van der Waals surface area contributed by atoms with Crippen LogP contribution in [-0.2, 0) is 16.0 Å². The Hall–Kier alpha value is -3.00. The number of aryl methyl sites for hydroxylation is 1. The average Bonchev–Trinajstić information content (AvgIpc) is 2.81. The molecule has 0 bridgehead atoms. The van der Waals surface area contributed by atoms with Gasteiger partial charge in [0.25, 0.3) is 0 Å². The van der Waals surface area contributed by atoms with Gasteiger partial charge in [-0.15, -0.1) is 6.42 Å². The van der Waals surface area contributed by atoms with Crippen LogP contribution < -0.4 is 0 Å². The molecule has 2 aromatic rings. The molecular formula is C26H32N2O3. The van der Waals surface area contributed by atoms with Crippen molar-refractivity contribution in [3.63, 3.8) is 0 Å². The molecule has 0 aliphatic rings. The number of hydrogen-bond donors (Lipinski definition) is 0. The molecule has 0 saturated heterocycles. The number of carbonyl (C=O) groups excluding carboxylic acids is 2. The molecule has 0 N–H and O–H groups in total. The van der Waals surface area contributed by atoms with E-state index in [9.17, 15) is 9.59 Å². The van der Waals surface area contributed by atoms with Gasteiger partial charge in [0.05, 0.1) is 5.56 Å². The molecule has 1 heterocycles. The van der Waals surface area contributed by atoms with Gasteiger partial charge in [-0.25, -0.2) is 14.8 Å². The molecule has 0 radical (unpaired) electrons. The lowest BCUT2D eigenvalue weighted by Gasteiger charge is -2.14. The zero-order valence-corrected chi connectivity index (χ0v) is 18.6. The maximum Gasteiger partial charge on any atom is 0.338 e. The van der Waals surface area contributed by atoms with E-state index in [2.05, 4.69) is 29.7 Å². The number of terminal acetylenes is 1. The summed E-state index contributed by atoms with van der Waals surface area (Å²) in [5, 5.41) is 0. The van der Waals surface area contributed by atoms with Gasteiger partial charge in [0, 0.05) is 18.0 Å². The van der Waals surface area contributed by atoms with Crippen molar-refractivity contribution in [3.8, 4) is 23.7 Å². The highest BCUT2D eigenvalue weighted by molar-refractivity contribution is 6.00. The minimum absolute atomic E-state index is 0.363. The summed E-state index contributed by atoms with van der Waals surface area (Å²) in [4.78, 5) is 33.3. The number of benzene rings is 1. The molecule has 0 aliphatic carbocycles. The van der Waals surface area contributed by atoms with Crippen molar-refractivity contribution < 1.29 is 14.3 Å². The number of ketones is 1. The topological polar surface area (TPSA) is 69.2 Å². The molecule has 0 saturated carbocycles. The van der Waals surface area contributed by atoms with Crippen LogP contribution in [0.2, 0.25) is 0 Å². The Kier molecular flexibility index (Phi) is 10.4. The third-order valence-electron chi connectivity index (χ3n) is 5.16. The fourth-order valence-corrected chi connectivity index (χ4v) is 3.26. The summed E-state index contributed by atoms with van der Waals surface area (Å²) in [7, 11) is 0. The van der Waals surface area contributed by atoms with Crippen molar-refractivity contribution in [1.82, 2.24) is 9.97 Å². The van der Waals surface area contributed by atoms with Gasteiger partial charge in [0.1, 0.15) is 0 Å². The van der Waals surface area contributed by atoms with Gasteiger partial charge in [-0.3, -0.25) is 4.79 Å². The van der Waals surface area contributed by atoms with Crippen LogP contribution in [0.5, 0.6) is 0 Å². The second kappa shape index (κ2) is 13.3. The molecule has 164 valence electrons. The molecule has 0 spiro atoms. The average molecular weight is 421 g/mol. The zero-order valence-electron chi connectivity index (χ0n) is 18.6. The number of Topliss-reactive ketones (excluding diaryl/α,β-unsaturated/α-hetero) is 1. The molecule has 5 nitrogen and oxygen atoms in total. The minimum atomic E-state index is -0.892. The first kappa shape index (κ1) is 24.3. The highest BCUT2D eigenvalue weighted by Gasteiger charge is 2.22. The number of hydrogen-bond acceptors (Lipinski definition) is 5. The van der Waals surface area contributed by atoms with E-state index in [0.29, 0.717) is 17.8 Å². The van der Waals surface area contributed by atoms with Gasteiger partial charge in [-0.1, -0.05) is 58.1 Å². The van der Waals surface area contributed by atoms with Crippen LogP contribution in [0.4, 0.5) is 0 Å². The molecule has 1 unspecified atom stereocenters. The van der Waals surface area contributed by atoms with E-state index >= 15 is 0 Å². The summed E-state index contributed by atoms with van der Waals surface area (Å²) in [6.07, 6.45) is 17.1. The van der Waals surface area contributed by atoms with E-state index in [0.717, 1.165) is 43.2 Å². The van der Waals surface area contributed by atoms with Crippen LogP contribution in [0.25, 0.3) is 11.4 Å². The Morgan fingerprint density at radius 1 is 0.968 bits per heavy atom. The summed E-state index contributed by atoms with van der Waals surface area (Å²) >= 11 is 0. The van der Waals surface area contributed by atoms with Crippen LogP contribution in [0.1, 0.15) is 81.1 Å². The van der Waals surface area contributed by atoms with E-state index in [1.165, 1.54) is 19.3 Å². The fourth-order valence-electron chi connectivity index (χ4n) is 3.26. The van der Waals surface area contributed by atoms with Gasteiger partial charge in [-0.05, 0) is 49.3 Å². The maximum atomic E-state index is 12.5. The molecule has 1 aromatic carbocycles. The summed E-state index contributed by atoms with van der Waals surface area (Å²) < 4.78 is 5.39. The molecule has 2 rings (SSSR count). The second-order valence-corrected chi connectivity index (χ2v) is 7.70.